The largest absolute Gasteiger partial charge is 0.435 e. The van der Waals surface area contributed by atoms with Gasteiger partial charge in [0.15, 0.2) is 22.7 Å². The molecule has 38 heavy (non-hydrogen) atoms. The Hall–Kier alpha value is -3.90. The number of rotatable bonds is 7. The van der Waals surface area contributed by atoms with Gasteiger partial charge in [-0.3, -0.25) is 9.48 Å². The van der Waals surface area contributed by atoms with E-state index in [1.54, 1.807) is 12.1 Å². The van der Waals surface area contributed by atoms with Gasteiger partial charge in [0.2, 0.25) is 0 Å². The van der Waals surface area contributed by atoms with Crippen molar-refractivity contribution < 1.29 is 31.1 Å². The maximum Gasteiger partial charge on any atom is 0.435 e. The van der Waals surface area contributed by atoms with Gasteiger partial charge in [-0.05, 0) is 37.0 Å². The molecule has 0 radical (unpaired) electrons. The molecule has 202 valence electrons. The van der Waals surface area contributed by atoms with Crippen LogP contribution in [0.3, 0.4) is 0 Å². The summed E-state index contributed by atoms with van der Waals surface area (Å²) >= 11 is 0. The molecule has 3 aromatic heterocycles. The quantitative estimate of drug-likeness (QED) is 0.236. The van der Waals surface area contributed by atoms with Gasteiger partial charge in [0.05, 0.1) is 5.69 Å². The molecule has 0 aliphatic carbocycles. The number of carbonyl (C=O) groups is 1. The summed E-state index contributed by atoms with van der Waals surface area (Å²) < 4.78 is 81.7. The van der Waals surface area contributed by atoms with Crippen molar-refractivity contribution >= 4 is 11.6 Å². The number of halogens is 6. The van der Waals surface area contributed by atoms with Gasteiger partial charge in [0.1, 0.15) is 0 Å². The Balaban J connectivity index is 1.51. The van der Waals surface area contributed by atoms with Crippen molar-refractivity contribution in [2.75, 3.05) is 6.54 Å². The number of aromatic nitrogens is 5. The van der Waals surface area contributed by atoms with Crippen molar-refractivity contribution in [1.82, 2.24) is 29.7 Å². The van der Waals surface area contributed by atoms with Gasteiger partial charge in [0, 0.05) is 30.4 Å². The molecule has 0 saturated heterocycles. The number of aryl methyl sites for hydroxylation is 2. The topological polar surface area (TPSA) is 77.1 Å². The van der Waals surface area contributed by atoms with Crippen molar-refractivity contribution in [3.63, 3.8) is 0 Å². The lowest BCUT2D eigenvalue weighted by atomic mass is 10.0. The molecule has 1 N–H and O–H groups in total. The lowest BCUT2D eigenvalue weighted by Gasteiger charge is -2.12. The first-order chi connectivity index (χ1) is 17.7. The summed E-state index contributed by atoms with van der Waals surface area (Å²) in [5.41, 5.74) is -0.616. The molecular formula is C25H24F6N6O. The maximum absolute atomic E-state index is 13.8. The average Bonchev–Trinajstić information content (AvgIpc) is 3.44. The van der Waals surface area contributed by atoms with Crippen LogP contribution in [-0.2, 0) is 18.9 Å². The third-order valence-electron chi connectivity index (χ3n) is 5.93. The van der Waals surface area contributed by atoms with Crippen molar-refractivity contribution in [2.24, 2.45) is 0 Å². The van der Waals surface area contributed by atoms with Gasteiger partial charge in [-0.25, -0.2) is 9.50 Å². The van der Waals surface area contributed by atoms with Crippen molar-refractivity contribution in [3.8, 4) is 11.3 Å². The summed E-state index contributed by atoms with van der Waals surface area (Å²) in [4.78, 5) is 16.9. The minimum absolute atomic E-state index is 0.0420. The molecule has 0 atom stereocenters. The molecule has 0 unspecified atom stereocenters. The summed E-state index contributed by atoms with van der Waals surface area (Å²) in [5.74, 6) is -0.485. The lowest BCUT2D eigenvalue weighted by molar-refractivity contribution is -0.143. The summed E-state index contributed by atoms with van der Waals surface area (Å²) in [6.45, 7) is 5.63. The number of hydrogen-bond donors (Lipinski definition) is 1. The van der Waals surface area contributed by atoms with Crippen LogP contribution in [0.5, 0.6) is 0 Å². The standard InChI is InChI=1S/C25H24F6N6O/c1-14(2)16-5-7-17(8-6-16)18-12-21(25(29,30)31)37-22(33-18)13-19(34-37)23(38)32-9-4-10-36-15(3)11-20(35-36)24(26,27)28/h5-8,11-14H,4,9-10H2,1-3H3,(H,32,38). The van der Waals surface area contributed by atoms with Crippen LogP contribution in [0.2, 0.25) is 0 Å². The smallest absolute Gasteiger partial charge is 0.351 e. The number of nitrogens with one attached hydrogen (secondary N) is 1. The highest BCUT2D eigenvalue weighted by molar-refractivity contribution is 5.93. The molecule has 3 heterocycles. The molecular weight excluding hydrogens is 514 g/mol. The Morgan fingerprint density at radius 3 is 2.24 bits per heavy atom. The van der Waals surface area contributed by atoms with Crippen LogP contribution in [0, 0.1) is 6.92 Å². The highest BCUT2D eigenvalue weighted by Crippen LogP contribution is 2.33. The van der Waals surface area contributed by atoms with Crippen LogP contribution in [0.1, 0.15) is 59.3 Å². The molecule has 1 aromatic carbocycles. The third kappa shape index (κ3) is 5.81. The summed E-state index contributed by atoms with van der Waals surface area (Å²) in [5, 5.41) is 9.85. The fraction of sp³-hybridized carbons (Fsp3) is 0.360. The second-order valence-corrected chi connectivity index (χ2v) is 9.10. The second-order valence-electron chi connectivity index (χ2n) is 9.10. The zero-order valence-corrected chi connectivity index (χ0v) is 20.7. The fourth-order valence-electron chi connectivity index (χ4n) is 3.87. The van der Waals surface area contributed by atoms with Gasteiger partial charge < -0.3 is 5.32 Å². The first kappa shape index (κ1) is 27.1. The van der Waals surface area contributed by atoms with Crippen LogP contribution in [0.4, 0.5) is 26.3 Å². The van der Waals surface area contributed by atoms with Gasteiger partial charge in [-0.15, -0.1) is 0 Å². The van der Waals surface area contributed by atoms with Crippen molar-refractivity contribution in [1.29, 1.82) is 0 Å². The Morgan fingerprint density at radius 1 is 0.974 bits per heavy atom. The molecule has 7 nitrogen and oxygen atoms in total. The first-order valence-electron chi connectivity index (χ1n) is 11.7. The number of alkyl halides is 6. The molecule has 0 saturated carbocycles. The molecule has 13 heteroatoms. The maximum atomic E-state index is 13.8. The zero-order chi connectivity index (χ0) is 27.8. The van der Waals surface area contributed by atoms with Crippen LogP contribution < -0.4 is 5.32 Å². The van der Waals surface area contributed by atoms with E-state index in [0.717, 1.165) is 23.8 Å². The van der Waals surface area contributed by atoms with Gasteiger partial charge in [0.25, 0.3) is 5.91 Å². The van der Waals surface area contributed by atoms with Crippen LogP contribution in [-0.4, -0.2) is 36.8 Å². The Morgan fingerprint density at radius 2 is 1.66 bits per heavy atom. The monoisotopic (exact) mass is 538 g/mol. The molecule has 4 rings (SSSR count). The Labute approximate surface area is 213 Å². The normalized spacial score (nSPS) is 12.5. The van der Waals surface area contributed by atoms with E-state index in [-0.39, 0.29) is 42.5 Å². The molecule has 4 aromatic rings. The van der Waals surface area contributed by atoms with E-state index in [0.29, 0.717) is 15.8 Å². The number of fused-ring (bicyclic) bond motifs is 1. The van der Waals surface area contributed by atoms with E-state index in [1.807, 2.05) is 26.0 Å². The molecule has 1 amide bonds. The number of amides is 1. The molecule has 0 fully saturated rings. The first-order valence-corrected chi connectivity index (χ1v) is 11.7. The molecule has 0 aliphatic rings. The highest BCUT2D eigenvalue weighted by atomic mass is 19.4. The van der Waals surface area contributed by atoms with Crippen LogP contribution >= 0.6 is 0 Å². The minimum atomic E-state index is -4.76. The number of carbonyl (C=O) groups excluding carboxylic acids is 1. The third-order valence-corrected chi connectivity index (χ3v) is 5.93. The van der Waals surface area contributed by atoms with E-state index in [2.05, 4.69) is 20.5 Å². The Kier molecular flexibility index (Phi) is 7.22. The summed E-state index contributed by atoms with van der Waals surface area (Å²) in [6, 6.07) is 9.99. The van der Waals surface area contributed by atoms with Gasteiger partial charge in [-0.1, -0.05) is 38.1 Å². The minimum Gasteiger partial charge on any atom is -0.351 e. The SMILES string of the molecule is Cc1cc(C(F)(F)F)nn1CCCNC(=O)c1cc2nc(-c3ccc(C(C)C)cc3)cc(C(F)(F)F)n2n1. The van der Waals surface area contributed by atoms with E-state index < -0.39 is 29.6 Å². The second kappa shape index (κ2) is 10.1. The molecule has 0 aliphatic heterocycles. The lowest BCUT2D eigenvalue weighted by Crippen LogP contribution is -2.26. The molecule has 0 spiro atoms. The highest BCUT2D eigenvalue weighted by Gasteiger charge is 2.36. The zero-order valence-electron chi connectivity index (χ0n) is 20.7. The van der Waals surface area contributed by atoms with Gasteiger partial charge >= 0.3 is 12.4 Å². The number of benzene rings is 1. The summed E-state index contributed by atoms with van der Waals surface area (Å²) in [7, 11) is 0. The number of nitrogens with zero attached hydrogens (tertiary/aromatic N) is 5. The predicted octanol–water partition coefficient (Wildman–Crippen LogP) is 5.88. The Bertz CT molecular complexity index is 1450. The average molecular weight is 538 g/mol. The molecule has 0 bridgehead atoms. The predicted molar refractivity (Wildman–Crippen MR) is 126 cm³/mol. The number of hydrogen-bond acceptors (Lipinski definition) is 4. The fourth-order valence-corrected chi connectivity index (χ4v) is 3.87. The van der Waals surface area contributed by atoms with Crippen molar-refractivity contribution in [2.45, 2.75) is 52.0 Å². The summed E-state index contributed by atoms with van der Waals surface area (Å²) in [6.07, 6.45) is -9.08. The van der Waals surface area contributed by atoms with E-state index in [9.17, 15) is 31.1 Å². The van der Waals surface area contributed by atoms with E-state index >= 15 is 0 Å². The van der Waals surface area contributed by atoms with E-state index in [4.69, 9.17) is 0 Å². The van der Waals surface area contributed by atoms with Gasteiger partial charge in [-0.2, -0.15) is 36.5 Å². The van der Waals surface area contributed by atoms with Crippen LogP contribution in [0.25, 0.3) is 16.9 Å². The van der Waals surface area contributed by atoms with E-state index in [1.165, 1.54) is 11.6 Å². The van der Waals surface area contributed by atoms with Crippen molar-refractivity contribution in [3.05, 3.63) is 70.8 Å². The van der Waals surface area contributed by atoms with Crippen LogP contribution in [0.15, 0.2) is 42.5 Å².